The summed E-state index contributed by atoms with van der Waals surface area (Å²) < 4.78 is 1.21. The van der Waals surface area contributed by atoms with Crippen LogP contribution in [0.15, 0.2) is 0 Å². The highest BCUT2D eigenvalue weighted by molar-refractivity contribution is 14.1. The Morgan fingerprint density at radius 1 is 1.20 bits per heavy atom. The number of thioether (sulfide) groups is 2. The van der Waals surface area contributed by atoms with E-state index in [-0.39, 0.29) is 0 Å². The summed E-state index contributed by atoms with van der Waals surface area (Å²) in [4.78, 5) is 9.71. The molecule has 2 aliphatic rings. The lowest BCUT2D eigenvalue weighted by molar-refractivity contribution is 0.836. The highest BCUT2D eigenvalue weighted by atomic mass is 127. The third-order valence-corrected chi connectivity index (χ3v) is 8.38. The van der Waals surface area contributed by atoms with Gasteiger partial charge in [0.15, 0.2) is 0 Å². The molecule has 1 saturated heterocycles. The molecule has 1 aromatic rings. The van der Waals surface area contributed by atoms with Gasteiger partial charge in [-0.1, -0.05) is 13.8 Å². The van der Waals surface area contributed by atoms with E-state index < -0.39 is 0 Å². The fourth-order valence-corrected chi connectivity index (χ4v) is 6.13. The van der Waals surface area contributed by atoms with Crippen LogP contribution in [0.4, 0.5) is 5.82 Å². The van der Waals surface area contributed by atoms with Gasteiger partial charge in [-0.3, -0.25) is 0 Å². The first-order chi connectivity index (χ1) is 9.60. The first kappa shape index (κ1) is 15.2. The third-order valence-electron chi connectivity index (χ3n) is 3.93. The average molecular weight is 421 g/mol. The van der Waals surface area contributed by atoms with Crippen molar-refractivity contribution in [1.29, 1.82) is 0 Å². The summed E-state index contributed by atoms with van der Waals surface area (Å²) in [6.07, 6.45) is 2.57. The number of halogens is 1. The molecule has 3 unspecified atom stereocenters. The van der Waals surface area contributed by atoms with E-state index in [9.17, 15) is 0 Å². The van der Waals surface area contributed by atoms with E-state index in [1.807, 2.05) is 18.8 Å². The normalized spacial score (nSPS) is 30.3. The molecule has 0 aromatic carbocycles. The first-order valence-electron chi connectivity index (χ1n) is 7.12. The van der Waals surface area contributed by atoms with Crippen LogP contribution in [0.3, 0.4) is 0 Å². The minimum Gasteiger partial charge on any atom is -0.372 e. The molecule has 0 radical (unpaired) electrons. The molecule has 110 valence electrons. The Labute approximate surface area is 143 Å². The Morgan fingerprint density at radius 3 is 2.55 bits per heavy atom. The van der Waals surface area contributed by atoms with Gasteiger partial charge in [0.1, 0.15) is 11.6 Å². The molecule has 3 atom stereocenters. The van der Waals surface area contributed by atoms with Gasteiger partial charge < -0.3 is 5.32 Å². The van der Waals surface area contributed by atoms with Crippen LogP contribution >= 0.6 is 46.1 Å². The smallest absolute Gasteiger partial charge is 0.144 e. The Bertz CT molecular complexity index is 507. The molecular weight excluding hydrogens is 401 g/mol. The van der Waals surface area contributed by atoms with Crippen molar-refractivity contribution in [1.82, 2.24) is 9.97 Å². The second kappa shape index (κ2) is 6.20. The summed E-state index contributed by atoms with van der Waals surface area (Å²) in [6, 6.07) is 0. The van der Waals surface area contributed by atoms with E-state index in [2.05, 4.69) is 53.5 Å². The Balaban J connectivity index is 1.91. The molecule has 0 bridgehead atoms. The summed E-state index contributed by atoms with van der Waals surface area (Å²) >= 11 is 6.48. The van der Waals surface area contributed by atoms with Gasteiger partial charge in [-0.2, -0.15) is 11.8 Å². The van der Waals surface area contributed by atoms with Gasteiger partial charge in [0, 0.05) is 29.2 Å². The van der Waals surface area contributed by atoms with Crippen molar-refractivity contribution in [3.63, 3.8) is 0 Å². The number of nitrogens with zero attached hydrogens (tertiary/aromatic N) is 2. The number of anilines is 1. The van der Waals surface area contributed by atoms with E-state index in [1.165, 1.54) is 22.1 Å². The van der Waals surface area contributed by atoms with Gasteiger partial charge in [0.05, 0.1) is 14.5 Å². The maximum Gasteiger partial charge on any atom is 0.144 e. The summed E-state index contributed by atoms with van der Waals surface area (Å²) in [5, 5.41) is 5.08. The predicted octanol–water partition coefficient (Wildman–Crippen LogP) is 4.30. The van der Waals surface area contributed by atoms with Gasteiger partial charge in [0.25, 0.3) is 0 Å². The van der Waals surface area contributed by atoms with Crippen LogP contribution in [0, 0.1) is 3.57 Å². The van der Waals surface area contributed by atoms with Gasteiger partial charge in [-0.15, -0.1) is 11.8 Å². The van der Waals surface area contributed by atoms with E-state index in [0.717, 1.165) is 22.6 Å². The first-order valence-corrected chi connectivity index (χ1v) is 10.2. The van der Waals surface area contributed by atoms with Crippen LogP contribution in [0.1, 0.15) is 49.4 Å². The SMILES string of the molecule is CNc1nc(C2CSC(C)C(C)S2)nc(C2CC2)c1I. The Morgan fingerprint density at radius 2 is 1.95 bits per heavy atom. The molecule has 1 aliphatic heterocycles. The summed E-state index contributed by atoms with van der Waals surface area (Å²) in [7, 11) is 1.96. The number of nitrogens with one attached hydrogen (secondary N) is 1. The summed E-state index contributed by atoms with van der Waals surface area (Å²) in [5.74, 6) is 3.85. The van der Waals surface area contributed by atoms with Crippen molar-refractivity contribution in [2.75, 3.05) is 18.1 Å². The molecule has 2 heterocycles. The summed E-state index contributed by atoms with van der Waals surface area (Å²) in [5.41, 5.74) is 1.27. The van der Waals surface area contributed by atoms with E-state index >= 15 is 0 Å². The Hall–Kier alpha value is 0.310. The van der Waals surface area contributed by atoms with Crippen LogP contribution < -0.4 is 5.32 Å². The zero-order valence-corrected chi connectivity index (χ0v) is 15.8. The predicted molar refractivity (Wildman–Crippen MR) is 98.0 cm³/mol. The minimum absolute atomic E-state index is 0.438. The van der Waals surface area contributed by atoms with Gasteiger partial charge in [0.2, 0.25) is 0 Å². The van der Waals surface area contributed by atoms with Crippen LogP contribution in [-0.2, 0) is 0 Å². The largest absolute Gasteiger partial charge is 0.372 e. The lowest BCUT2D eigenvalue weighted by Gasteiger charge is -2.30. The monoisotopic (exact) mass is 421 g/mol. The van der Waals surface area contributed by atoms with Gasteiger partial charge in [-0.25, -0.2) is 9.97 Å². The third kappa shape index (κ3) is 3.06. The second-order valence-electron chi connectivity index (χ2n) is 5.52. The van der Waals surface area contributed by atoms with E-state index in [1.54, 1.807) is 0 Å². The van der Waals surface area contributed by atoms with Crippen LogP contribution in [-0.4, -0.2) is 33.3 Å². The molecule has 1 saturated carbocycles. The molecule has 3 nitrogen and oxygen atoms in total. The lowest BCUT2D eigenvalue weighted by Crippen LogP contribution is -2.23. The van der Waals surface area contributed by atoms with E-state index in [0.29, 0.717) is 16.4 Å². The van der Waals surface area contributed by atoms with Gasteiger partial charge >= 0.3 is 0 Å². The quantitative estimate of drug-likeness (QED) is 0.737. The van der Waals surface area contributed by atoms with Crippen molar-refractivity contribution >= 4 is 51.9 Å². The molecule has 1 aromatic heterocycles. The van der Waals surface area contributed by atoms with E-state index in [4.69, 9.17) is 9.97 Å². The molecule has 1 aliphatic carbocycles. The van der Waals surface area contributed by atoms with Crippen molar-refractivity contribution < 1.29 is 0 Å². The fourth-order valence-electron chi connectivity index (χ4n) is 2.34. The zero-order chi connectivity index (χ0) is 14.3. The van der Waals surface area contributed by atoms with Crippen LogP contribution in [0.5, 0.6) is 0 Å². The molecule has 6 heteroatoms. The minimum atomic E-state index is 0.438. The van der Waals surface area contributed by atoms with Crippen molar-refractivity contribution in [3.8, 4) is 0 Å². The lowest BCUT2D eigenvalue weighted by atomic mass is 10.2. The molecule has 0 spiro atoms. The number of hydrogen-bond acceptors (Lipinski definition) is 5. The average Bonchev–Trinajstić information content (AvgIpc) is 3.27. The molecular formula is C14H20IN3S2. The number of rotatable bonds is 3. The van der Waals surface area contributed by atoms with Crippen LogP contribution in [0.2, 0.25) is 0 Å². The van der Waals surface area contributed by atoms with Crippen molar-refractivity contribution in [3.05, 3.63) is 15.1 Å². The fraction of sp³-hybridized carbons (Fsp3) is 0.714. The maximum atomic E-state index is 4.93. The molecule has 2 fully saturated rings. The number of aromatic nitrogens is 2. The van der Waals surface area contributed by atoms with Crippen molar-refractivity contribution in [2.45, 2.75) is 48.4 Å². The van der Waals surface area contributed by atoms with Gasteiger partial charge in [-0.05, 0) is 35.4 Å². The zero-order valence-electron chi connectivity index (χ0n) is 12.0. The molecule has 1 N–H and O–H groups in total. The Kier molecular flexibility index (Phi) is 4.72. The molecule has 20 heavy (non-hydrogen) atoms. The highest BCUT2D eigenvalue weighted by Gasteiger charge is 2.33. The highest BCUT2D eigenvalue weighted by Crippen LogP contribution is 2.46. The van der Waals surface area contributed by atoms with Crippen molar-refractivity contribution in [2.24, 2.45) is 0 Å². The topological polar surface area (TPSA) is 37.8 Å². The standard InChI is InChI=1S/C14H20IN3S2/c1-7-8(2)20-10(6-19-7)13-17-12(9-4-5-9)11(15)14(16-3)18-13/h7-10H,4-6H2,1-3H3,(H,16,17,18). The molecule has 3 rings (SSSR count). The van der Waals surface area contributed by atoms with Crippen LogP contribution in [0.25, 0.3) is 0 Å². The maximum absolute atomic E-state index is 4.93. The second-order valence-corrected chi connectivity index (χ2v) is 9.60. The molecule has 0 amide bonds. The number of hydrogen-bond donors (Lipinski definition) is 1. The summed E-state index contributed by atoms with van der Waals surface area (Å²) in [6.45, 7) is 4.64.